The second-order valence-electron chi connectivity index (χ2n) is 0.782. The van der Waals surface area contributed by atoms with E-state index in [2.05, 4.69) is 0 Å². The van der Waals surface area contributed by atoms with Crippen LogP contribution in [0.2, 0.25) is 0 Å². The molecule has 0 aromatic heterocycles. The van der Waals surface area contributed by atoms with Crippen LogP contribution in [0.15, 0.2) is 10.7 Å². The smallest absolute Gasteiger partial charge is 0.444 e. The molecule has 0 radical (unpaired) electrons. The van der Waals surface area contributed by atoms with Gasteiger partial charge in [0.25, 0.3) is 0 Å². The molecule has 0 unspecified atom stereocenters. The molecule has 2 N–H and O–H groups in total. The van der Waals surface area contributed by atoms with E-state index in [1.807, 2.05) is 0 Å². The molecule has 0 aliphatic rings. The molecule has 8 nitrogen and oxygen atoms in total. The molecule has 0 aliphatic carbocycles. The molecule has 0 saturated carbocycles. The monoisotopic (exact) mass is 386 g/mol. The zero-order valence-electron chi connectivity index (χ0n) is 7.54. The normalized spacial score (nSPS) is 4.62. The van der Waals surface area contributed by atoms with Crippen LogP contribution in [-0.2, 0) is 27.7 Å². The Morgan fingerprint density at radius 1 is 1.00 bits per heavy atom. The van der Waals surface area contributed by atoms with Gasteiger partial charge in [0, 0.05) is 13.2 Å². The maximum absolute atomic E-state index is 8.00. The van der Waals surface area contributed by atoms with Crippen LogP contribution in [0.4, 0.5) is 0 Å². The number of hydrogen-bond donors (Lipinski definition) is 2. The Morgan fingerprint density at radius 3 is 1.00 bits per heavy atom. The van der Waals surface area contributed by atoms with E-state index in [9.17, 15) is 0 Å². The van der Waals surface area contributed by atoms with E-state index in [1.54, 1.807) is 13.8 Å². The van der Waals surface area contributed by atoms with Crippen molar-refractivity contribution in [1.29, 1.82) is 0 Å². The minimum absolute atomic E-state index is 0. The van der Waals surface area contributed by atoms with Gasteiger partial charge in [0.15, 0.2) is 0 Å². The van der Waals surface area contributed by atoms with Crippen molar-refractivity contribution in [2.45, 2.75) is 13.8 Å². The van der Waals surface area contributed by atoms with Gasteiger partial charge in [0.05, 0.1) is 0 Å². The topological polar surface area (TPSA) is 145 Å². The molecule has 0 fully saturated rings. The fourth-order valence-electron chi connectivity index (χ4n) is 0. The van der Waals surface area contributed by atoms with E-state index < -0.39 is 0 Å². The van der Waals surface area contributed by atoms with Crippen molar-refractivity contribution in [2.75, 3.05) is 13.2 Å². The Hall–Kier alpha value is -0.345. The first-order valence-corrected chi connectivity index (χ1v) is 2.78. The number of rotatable bonds is 0. The third-order valence-corrected chi connectivity index (χ3v) is 0. The second-order valence-corrected chi connectivity index (χ2v) is 0.782. The molecule has 0 atom stereocenters. The summed E-state index contributed by atoms with van der Waals surface area (Å²) in [6.45, 7) is 3.86. The molecule has 0 spiro atoms. The largest absolute Gasteiger partial charge is 2.00 e. The maximum atomic E-state index is 8.00. The Morgan fingerprint density at radius 2 is 1.00 bits per heavy atom. The van der Waals surface area contributed by atoms with Gasteiger partial charge in [-0.25, -0.2) is 0 Å². The minimum atomic E-state index is 0. The predicted molar refractivity (Wildman–Crippen MR) is 43.8 cm³/mol. The van der Waals surface area contributed by atoms with Crippen LogP contribution < -0.4 is 0 Å². The van der Waals surface area contributed by atoms with E-state index in [1.165, 1.54) is 0 Å². The van der Waals surface area contributed by atoms with Crippen LogP contribution in [0.3, 0.4) is 0 Å². The van der Waals surface area contributed by atoms with Gasteiger partial charge in [-0.1, -0.05) is 0 Å². The summed E-state index contributed by atoms with van der Waals surface area (Å²) in [4.78, 5) is 16.0. The first kappa shape index (κ1) is 29.3. The minimum Gasteiger partial charge on any atom is -0.444 e. The summed E-state index contributed by atoms with van der Waals surface area (Å²) < 4.78 is 0. The van der Waals surface area contributed by atoms with Crippen LogP contribution in [-0.4, -0.2) is 23.4 Å². The summed E-state index contributed by atoms with van der Waals surface area (Å²) >= 11 is 0. The summed E-state index contributed by atoms with van der Waals surface area (Å²) in [6.07, 6.45) is 0. The molecule has 0 rings (SSSR count). The molecule has 0 saturated heterocycles. The van der Waals surface area contributed by atoms with Crippen molar-refractivity contribution < 1.29 is 37.9 Å². The summed E-state index contributed by atoms with van der Waals surface area (Å²) in [6, 6.07) is 0. The number of nitrogens with zero attached hydrogens (tertiary/aromatic N) is 2. The van der Waals surface area contributed by atoms with Gasteiger partial charge in [0.1, 0.15) is 0 Å². The average Bonchev–Trinajstić information content (AvgIpc) is 1.92. The standard InChI is InChI=1S/2C2H6O.Hg.2HNO2/c2*1-2-3;;2*2-1-3/h2*3H,2H2,1H3;;2*(H,2,3)/q;;+2;;/p-2. The van der Waals surface area contributed by atoms with E-state index in [-0.39, 0.29) is 40.9 Å². The van der Waals surface area contributed by atoms with E-state index >= 15 is 0 Å². The Bertz CT molecular complexity index is 58.6. The first-order valence-electron chi connectivity index (χ1n) is 2.78. The van der Waals surface area contributed by atoms with Crippen molar-refractivity contribution in [3.8, 4) is 0 Å². The quantitative estimate of drug-likeness (QED) is 0.353. The fourth-order valence-corrected chi connectivity index (χ4v) is 0. The van der Waals surface area contributed by atoms with E-state index in [0.717, 1.165) is 10.7 Å². The van der Waals surface area contributed by atoms with Crippen molar-refractivity contribution in [2.24, 2.45) is 10.7 Å². The molecule has 0 amide bonds. The number of aliphatic hydroxyl groups is 2. The molecule has 0 aromatic rings. The maximum Gasteiger partial charge on any atom is 2.00 e. The van der Waals surface area contributed by atoms with Gasteiger partial charge < -0.3 is 30.4 Å². The molecule has 0 bridgehead atoms. The molecule has 0 heterocycles. The van der Waals surface area contributed by atoms with Crippen molar-refractivity contribution >= 4 is 0 Å². The van der Waals surface area contributed by atoms with Crippen LogP contribution in [0.25, 0.3) is 0 Å². The van der Waals surface area contributed by atoms with Gasteiger partial charge in [0.2, 0.25) is 0 Å². The second kappa shape index (κ2) is 99.0. The molecular formula is C4H12HgN2O6. The van der Waals surface area contributed by atoms with Crippen LogP contribution in [0, 0.1) is 20.2 Å². The predicted octanol–water partition coefficient (Wildman–Crippen LogP) is 0.496. The summed E-state index contributed by atoms with van der Waals surface area (Å²) in [7, 11) is 0. The SMILES string of the molecule is CCO.CCO.O=N[O-].O=N[O-].[Hg+2]. The first-order chi connectivity index (χ1) is 5.66. The summed E-state index contributed by atoms with van der Waals surface area (Å²) in [5.74, 6) is 0. The zero-order valence-corrected chi connectivity index (χ0v) is 13.0. The van der Waals surface area contributed by atoms with Crippen molar-refractivity contribution in [3.05, 3.63) is 20.2 Å². The Labute approximate surface area is 96.0 Å². The third-order valence-electron chi connectivity index (χ3n) is 0. The van der Waals surface area contributed by atoms with E-state index in [4.69, 9.17) is 30.4 Å². The van der Waals surface area contributed by atoms with E-state index in [0.29, 0.717) is 0 Å². The molecule has 0 aliphatic heterocycles. The van der Waals surface area contributed by atoms with Crippen LogP contribution >= 0.6 is 0 Å². The number of hydrogen-bond acceptors (Lipinski definition) is 8. The van der Waals surface area contributed by atoms with Crippen LogP contribution in [0.1, 0.15) is 13.8 Å². The van der Waals surface area contributed by atoms with Gasteiger partial charge in [-0.2, -0.15) is 0 Å². The van der Waals surface area contributed by atoms with Gasteiger partial charge in [-0.3, -0.25) is 0 Å². The third kappa shape index (κ3) is 9130. The van der Waals surface area contributed by atoms with Gasteiger partial charge in [-0.15, -0.1) is 10.7 Å². The van der Waals surface area contributed by atoms with Crippen LogP contribution in [0.5, 0.6) is 0 Å². The molecule has 76 valence electrons. The molecular weight excluding hydrogens is 373 g/mol. The molecule has 0 aromatic carbocycles. The summed E-state index contributed by atoms with van der Waals surface area (Å²) in [5.41, 5.74) is 0. The van der Waals surface area contributed by atoms with Gasteiger partial charge >= 0.3 is 27.7 Å². The number of aliphatic hydroxyl groups excluding tert-OH is 2. The average molecular weight is 385 g/mol. The fraction of sp³-hybridized carbons (Fsp3) is 1.00. The van der Waals surface area contributed by atoms with Crippen molar-refractivity contribution in [1.82, 2.24) is 0 Å². The molecule has 9 heteroatoms. The van der Waals surface area contributed by atoms with Crippen molar-refractivity contribution in [3.63, 3.8) is 0 Å². The zero-order chi connectivity index (χ0) is 10.8. The summed E-state index contributed by atoms with van der Waals surface area (Å²) in [5, 5.41) is 33.1. The Balaban J connectivity index is -0.0000000213. The Kier molecular flexibility index (Phi) is 224. The van der Waals surface area contributed by atoms with Gasteiger partial charge in [-0.05, 0) is 13.8 Å². The molecule has 13 heavy (non-hydrogen) atoms.